The van der Waals surface area contributed by atoms with Gasteiger partial charge in [0, 0.05) is 11.6 Å². The molecule has 1 aromatic heterocycles. The first kappa shape index (κ1) is 12.7. The quantitative estimate of drug-likeness (QED) is 0.913. The number of rotatable bonds is 3. The summed E-state index contributed by atoms with van der Waals surface area (Å²) in [7, 11) is 2.81. The molecule has 0 aliphatic heterocycles. The summed E-state index contributed by atoms with van der Waals surface area (Å²) in [4.78, 5) is 0. The van der Waals surface area contributed by atoms with Gasteiger partial charge in [0.2, 0.25) is 0 Å². The van der Waals surface area contributed by atoms with Crippen molar-refractivity contribution < 1.29 is 13.9 Å². The number of hydrogen-bond donors (Lipinski definition) is 2. The number of aromatic nitrogens is 2. The Labute approximate surface area is 111 Å². The number of H-pyrrole nitrogens is 1. The van der Waals surface area contributed by atoms with Gasteiger partial charge in [-0.1, -0.05) is 0 Å². The first-order chi connectivity index (χ1) is 8.58. The molecule has 0 aliphatic rings. The Kier molecular flexibility index (Phi) is 3.42. The molecular formula is C11H11BrFN3O2. The molecular weight excluding hydrogens is 305 g/mol. The Morgan fingerprint density at radius 2 is 1.94 bits per heavy atom. The fraction of sp³-hybridized carbons (Fsp3) is 0.182. The predicted octanol–water partition coefficient (Wildman–Crippen LogP) is 2.58. The van der Waals surface area contributed by atoms with Crippen molar-refractivity contribution in [2.45, 2.75) is 0 Å². The van der Waals surface area contributed by atoms with Crippen LogP contribution in [0.3, 0.4) is 0 Å². The summed E-state index contributed by atoms with van der Waals surface area (Å²) in [5.41, 5.74) is 6.76. The van der Waals surface area contributed by atoms with Gasteiger partial charge in [-0.3, -0.25) is 5.10 Å². The van der Waals surface area contributed by atoms with Crippen LogP contribution in [0.5, 0.6) is 11.5 Å². The summed E-state index contributed by atoms with van der Waals surface area (Å²) >= 11 is 3.13. The van der Waals surface area contributed by atoms with Crippen LogP contribution in [0.2, 0.25) is 0 Å². The highest BCUT2D eigenvalue weighted by Gasteiger charge is 2.20. The van der Waals surface area contributed by atoms with Crippen LogP contribution in [0.4, 0.5) is 10.2 Å². The fourth-order valence-corrected chi connectivity index (χ4v) is 2.06. The summed E-state index contributed by atoms with van der Waals surface area (Å²) in [5, 5.41) is 6.56. The zero-order valence-corrected chi connectivity index (χ0v) is 11.3. The number of nitrogen functional groups attached to an aromatic ring is 1. The van der Waals surface area contributed by atoms with Gasteiger partial charge in [-0.2, -0.15) is 5.10 Å². The van der Waals surface area contributed by atoms with Gasteiger partial charge in [0.1, 0.15) is 5.82 Å². The Bertz CT molecular complexity index is 586. The average Bonchev–Trinajstić information content (AvgIpc) is 2.78. The molecule has 0 atom stereocenters. The van der Waals surface area contributed by atoms with Crippen LogP contribution < -0.4 is 15.2 Å². The summed E-state index contributed by atoms with van der Waals surface area (Å²) in [6.07, 6.45) is 0. The number of nitrogens with one attached hydrogen (secondary N) is 1. The van der Waals surface area contributed by atoms with Crippen LogP contribution in [-0.2, 0) is 0 Å². The maximum atomic E-state index is 13.8. The minimum atomic E-state index is -0.523. The lowest BCUT2D eigenvalue weighted by atomic mass is 10.1. The standard InChI is InChI=1S/C11H11BrFN3O2/c1-17-10-5(7-4-8(14)16-15-7)3-6(12)9(13)11(10)18-2/h3-4H,1-2H3,(H3,14,15,16). The van der Waals surface area contributed by atoms with Crippen molar-refractivity contribution in [3.8, 4) is 22.8 Å². The predicted molar refractivity (Wildman–Crippen MR) is 69.2 cm³/mol. The lowest BCUT2D eigenvalue weighted by molar-refractivity contribution is 0.337. The minimum absolute atomic E-state index is 0.0232. The molecule has 0 aliphatic carbocycles. The fourth-order valence-electron chi connectivity index (χ4n) is 1.65. The number of benzene rings is 1. The number of methoxy groups -OCH3 is 2. The molecule has 0 fully saturated rings. The number of aromatic amines is 1. The highest BCUT2D eigenvalue weighted by molar-refractivity contribution is 9.10. The number of ether oxygens (including phenoxy) is 2. The lowest BCUT2D eigenvalue weighted by Gasteiger charge is -2.13. The SMILES string of the molecule is COc1c(-c2cc(N)n[nH]2)cc(Br)c(F)c1OC. The molecule has 2 rings (SSSR count). The van der Waals surface area contributed by atoms with Crippen LogP contribution in [0.25, 0.3) is 11.3 Å². The van der Waals surface area contributed by atoms with E-state index >= 15 is 0 Å². The molecule has 0 unspecified atom stereocenters. The first-order valence-electron chi connectivity index (χ1n) is 4.99. The Morgan fingerprint density at radius 1 is 1.28 bits per heavy atom. The van der Waals surface area contributed by atoms with Gasteiger partial charge in [-0.25, -0.2) is 4.39 Å². The van der Waals surface area contributed by atoms with E-state index in [1.165, 1.54) is 14.2 Å². The molecule has 96 valence electrons. The van der Waals surface area contributed by atoms with Crippen molar-refractivity contribution >= 4 is 21.7 Å². The van der Waals surface area contributed by atoms with E-state index in [0.29, 0.717) is 17.1 Å². The van der Waals surface area contributed by atoms with Crippen LogP contribution in [0.15, 0.2) is 16.6 Å². The second-order valence-corrected chi connectivity index (χ2v) is 4.35. The third kappa shape index (κ3) is 2.01. The normalized spacial score (nSPS) is 10.4. The van der Waals surface area contributed by atoms with Crippen molar-refractivity contribution in [1.29, 1.82) is 0 Å². The second kappa shape index (κ2) is 4.85. The Balaban J connectivity index is 2.70. The van der Waals surface area contributed by atoms with E-state index in [1.54, 1.807) is 12.1 Å². The van der Waals surface area contributed by atoms with E-state index < -0.39 is 5.82 Å². The van der Waals surface area contributed by atoms with Crippen LogP contribution in [0.1, 0.15) is 0 Å². The smallest absolute Gasteiger partial charge is 0.198 e. The molecule has 5 nitrogen and oxygen atoms in total. The van der Waals surface area contributed by atoms with Gasteiger partial charge >= 0.3 is 0 Å². The van der Waals surface area contributed by atoms with Gasteiger partial charge < -0.3 is 15.2 Å². The zero-order chi connectivity index (χ0) is 13.3. The third-order valence-corrected chi connectivity index (χ3v) is 3.00. The van der Waals surface area contributed by atoms with Crippen LogP contribution in [-0.4, -0.2) is 24.4 Å². The van der Waals surface area contributed by atoms with Gasteiger partial charge in [0.25, 0.3) is 0 Å². The highest BCUT2D eigenvalue weighted by atomic mass is 79.9. The number of halogens is 2. The largest absolute Gasteiger partial charge is 0.492 e. The van der Waals surface area contributed by atoms with Gasteiger partial charge in [0.15, 0.2) is 17.3 Å². The summed E-state index contributed by atoms with van der Waals surface area (Å²) in [5.74, 6) is 0.119. The van der Waals surface area contributed by atoms with Crippen molar-refractivity contribution in [3.05, 3.63) is 22.4 Å². The van der Waals surface area contributed by atoms with E-state index in [0.717, 1.165) is 0 Å². The summed E-state index contributed by atoms with van der Waals surface area (Å²) in [6.45, 7) is 0. The number of hydrogen-bond acceptors (Lipinski definition) is 4. The van der Waals surface area contributed by atoms with Gasteiger partial charge in [0.05, 0.1) is 24.4 Å². The maximum Gasteiger partial charge on any atom is 0.198 e. The minimum Gasteiger partial charge on any atom is -0.492 e. The molecule has 0 saturated carbocycles. The molecule has 0 spiro atoms. The van der Waals surface area contributed by atoms with Crippen molar-refractivity contribution in [2.75, 3.05) is 20.0 Å². The molecule has 0 amide bonds. The van der Waals surface area contributed by atoms with Crippen LogP contribution in [0, 0.1) is 5.82 Å². The topological polar surface area (TPSA) is 73.2 Å². The summed E-state index contributed by atoms with van der Waals surface area (Å²) < 4.78 is 24.3. The van der Waals surface area contributed by atoms with Crippen molar-refractivity contribution in [3.63, 3.8) is 0 Å². The molecule has 18 heavy (non-hydrogen) atoms. The van der Waals surface area contributed by atoms with E-state index in [9.17, 15) is 4.39 Å². The Morgan fingerprint density at radius 3 is 2.44 bits per heavy atom. The second-order valence-electron chi connectivity index (χ2n) is 3.49. The summed E-state index contributed by atoms with van der Waals surface area (Å²) in [6, 6.07) is 3.20. The number of nitrogens with two attached hydrogens (primary N) is 1. The first-order valence-corrected chi connectivity index (χ1v) is 5.79. The molecule has 2 aromatic rings. The highest BCUT2D eigenvalue weighted by Crippen LogP contribution is 2.42. The lowest BCUT2D eigenvalue weighted by Crippen LogP contribution is -1.97. The third-order valence-electron chi connectivity index (χ3n) is 2.43. The monoisotopic (exact) mass is 315 g/mol. The Hall–Kier alpha value is -1.76. The van der Waals surface area contributed by atoms with Crippen LogP contribution >= 0.6 is 15.9 Å². The van der Waals surface area contributed by atoms with Gasteiger partial charge in [-0.05, 0) is 22.0 Å². The van der Waals surface area contributed by atoms with E-state index in [2.05, 4.69) is 26.1 Å². The molecule has 0 saturated heterocycles. The van der Waals surface area contributed by atoms with E-state index in [1.807, 2.05) is 0 Å². The average molecular weight is 316 g/mol. The zero-order valence-electron chi connectivity index (χ0n) is 9.75. The molecule has 1 aromatic carbocycles. The van der Waals surface area contributed by atoms with Crippen molar-refractivity contribution in [2.24, 2.45) is 0 Å². The molecule has 1 heterocycles. The number of anilines is 1. The number of nitrogens with zero attached hydrogens (tertiary/aromatic N) is 1. The van der Waals surface area contributed by atoms with E-state index in [-0.39, 0.29) is 16.0 Å². The molecule has 0 radical (unpaired) electrons. The molecule has 7 heteroatoms. The van der Waals surface area contributed by atoms with E-state index in [4.69, 9.17) is 15.2 Å². The maximum absolute atomic E-state index is 13.8. The van der Waals surface area contributed by atoms with Crippen molar-refractivity contribution in [1.82, 2.24) is 10.2 Å². The molecule has 0 bridgehead atoms. The molecule has 3 N–H and O–H groups in total. The van der Waals surface area contributed by atoms with Gasteiger partial charge in [-0.15, -0.1) is 0 Å².